The van der Waals surface area contributed by atoms with E-state index >= 15 is 0 Å². The molecular formula is C15H20ClFN2O2. The molecule has 6 heteroatoms. The van der Waals surface area contributed by atoms with Gasteiger partial charge in [-0.1, -0.05) is 6.07 Å². The van der Waals surface area contributed by atoms with Crippen LogP contribution in [0.4, 0.5) is 4.39 Å². The smallest absolute Gasteiger partial charge is 0.338 e. The Morgan fingerprint density at radius 2 is 2.10 bits per heavy atom. The highest BCUT2D eigenvalue weighted by atomic mass is 35.5. The van der Waals surface area contributed by atoms with Gasteiger partial charge < -0.3 is 10.1 Å². The number of hydrogen-bond acceptors (Lipinski definition) is 4. The van der Waals surface area contributed by atoms with E-state index in [2.05, 4.69) is 10.2 Å². The summed E-state index contributed by atoms with van der Waals surface area (Å²) in [4.78, 5) is 13.6. The van der Waals surface area contributed by atoms with Gasteiger partial charge in [0.15, 0.2) is 0 Å². The molecule has 1 aromatic rings. The summed E-state index contributed by atoms with van der Waals surface area (Å²) >= 11 is 0. The highest BCUT2D eigenvalue weighted by Gasteiger charge is 2.27. The number of rotatable bonds is 3. The van der Waals surface area contributed by atoms with Gasteiger partial charge >= 0.3 is 5.97 Å². The maximum Gasteiger partial charge on any atom is 0.338 e. The van der Waals surface area contributed by atoms with Crippen LogP contribution in [0, 0.1) is 6.92 Å². The van der Waals surface area contributed by atoms with Crippen molar-refractivity contribution in [2.75, 3.05) is 32.7 Å². The van der Waals surface area contributed by atoms with Gasteiger partial charge in [0.1, 0.15) is 12.8 Å². The number of carbonyl (C=O) groups excluding carboxylic acids is 1. The molecule has 0 radical (unpaired) electrons. The predicted octanol–water partition coefficient (Wildman–Crippen LogP) is 2.00. The third kappa shape index (κ3) is 3.20. The van der Waals surface area contributed by atoms with Crippen molar-refractivity contribution >= 4 is 18.4 Å². The van der Waals surface area contributed by atoms with Gasteiger partial charge in [0.05, 0.1) is 5.56 Å². The molecule has 2 aliphatic rings. The molecule has 1 atom stereocenters. The van der Waals surface area contributed by atoms with Crippen LogP contribution in [0.2, 0.25) is 0 Å². The second-order valence-electron chi connectivity index (χ2n) is 5.40. The number of fused-ring (bicyclic) bond motifs is 1. The van der Waals surface area contributed by atoms with Crippen LogP contribution < -0.4 is 5.32 Å². The number of nitrogens with zero attached hydrogens (tertiary/aromatic N) is 1. The molecule has 1 aromatic carbocycles. The Labute approximate surface area is 130 Å². The van der Waals surface area contributed by atoms with Gasteiger partial charge in [-0.2, -0.15) is 0 Å². The number of alkyl halides is 1. The largest absolute Gasteiger partial charge is 0.457 e. The lowest BCUT2D eigenvalue weighted by molar-refractivity contribution is 0.0535. The first-order valence-corrected chi connectivity index (χ1v) is 7.03. The summed E-state index contributed by atoms with van der Waals surface area (Å²) in [5, 5.41) is 3.26. The van der Waals surface area contributed by atoms with Gasteiger partial charge in [-0.05, 0) is 24.1 Å². The molecule has 2 aliphatic heterocycles. The van der Waals surface area contributed by atoms with E-state index in [1.807, 2.05) is 6.92 Å². The zero-order valence-corrected chi connectivity index (χ0v) is 12.8. The summed E-state index contributed by atoms with van der Waals surface area (Å²) < 4.78 is 19.6. The highest BCUT2D eigenvalue weighted by molar-refractivity contribution is 5.93. The van der Waals surface area contributed by atoms with Crippen molar-refractivity contribution in [3.05, 3.63) is 34.4 Å². The van der Waals surface area contributed by atoms with Crippen molar-refractivity contribution in [2.45, 2.75) is 19.7 Å². The van der Waals surface area contributed by atoms with Crippen LogP contribution >= 0.6 is 12.4 Å². The van der Waals surface area contributed by atoms with Crippen LogP contribution in [0.3, 0.4) is 0 Å². The molecule has 0 amide bonds. The fourth-order valence-electron chi connectivity index (χ4n) is 2.93. The lowest BCUT2D eigenvalue weighted by atomic mass is 9.95. The molecule has 0 saturated carbocycles. The number of esters is 1. The first-order valence-electron chi connectivity index (χ1n) is 7.03. The van der Waals surface area contributed by atoms with E-state index in [1.54, 1.807) is 12.1 Å². The van der Waals surface area contributed by atoms with Crippen molar-refractivity contribution in [3.8, 4) is 0 Å². The lowest BCUT2D eigenvalue weighted by Gasteiger charge is -2.29. The van der Waals surface area contributed by atoms with Crippen molar-refractivity contribution in [3.63, 3.8) is 0 Å². The number of hydrogen-bond donors (Lipinski definition) is 1. The molecule has 1 N–H and O–H groups in total. The summed E-state index contributed by atoms with van der Waals surface area (Å²) in [5.41, 5.74) is 2.97. The molecule has 0 aromatic heterocycles. The molecule has 0 spiro atoms. The normalized spacial score (nSPS) is 19.6. The van der Waals surface area contributed by atoms with E-state index in [0.29, 0.717) is 17.7 Å². The minimum atomic E-state index is -1.02. The zero-order chi connectivity index (χ0) is 14.1. The molecule has 1 saturated heterocycles. The van der Waals surface area contributed by atoms with E-state index in [1.165, 1.54) is 0 Å². The number of cyclic esters (lactones) is 1. The van der Waals surface area contributed by atoms with Crippen LogP contribution in [0.25, 0.3) is 0 Å². The van der Waals surface area contributed by atoms with Crippen molar-refractivity contribution in [2.24, 2.45) is 0 Å². The number of carbonyl (C=O) groups is 1. The van der Waals surface area contributed by atoms with Gasteiger partial charge in [0.2, 0.25) is 0 Å². The monoisotopic (exact) mass is 314 g/mol. The van der Waals surface area contributed by atoms with Gasteiger partial charge in [-0.25, -0.2) is 9.18 Å². The molecule has 0 bridgehead atoms. The third-order valence-corrected chi connectivity index (χ3v) is 4.17. The van der Waals surface area contributed by atoms with E-state index < -0.39 is 6.17 Å². The molecule has 1 unspecified atom stereocenters. The van der Waals surface area contributed by atoms with Crippen LogP contribution in [-0.4, -0.2) is 43.6 Å². The zero-order valence-electron chi connectivity index (χ0n) is 12.0. The Bertz CT molecular complexity index is 533. The topological polar surface area (TPSA) is 41.6 Å². The molecule has 0 aliphatic carbocycles. The predicted molar refractivity (Wildman–Crippen MR) is 80.7 cm³/mol. The summed E-state index contributed by atoms with van der Waals surface area (Å²) in [7, 11) is 0. The van der Waals surface area contributed by atoms with Crippen LogP contribution in [-0.2, 0) is 11.3 Å². The van der Waals surface area contributed by atoms with Crippen LogP contribution in [0.5, 0.6) is 0 Å². The summed E-state index contributed by atoms with van der Waals surface area (Å²) in [6, 6.07) is 3.42. The second-order valence-corrected chi connectivity index (χ2v) is 5.40. The number of halogens is 2. The van der Waals surface area contributed by atoms with Gasteiger partial charge in [-0.3, -0.25) is 4.90 Å². The van der Waals surface area contributed by atoms with Crippen molar-refractivity contribution < 1.29 is 13.9 Å². The molecule has 21 heavy (non-hydrogen) atoms. The van der Waals surface area contributed by atoms with E-state index in [4.69, 9.17) is 4.74 Å². The second kappa shape index (κ2) is 6.73. The maximum absolute atomic E-state index is 14.6. The first-order chi connectivity index (χ1) is 9.66. The molecule has 2 heterocycles. The molecule has 116 valence electrons. The standard InChI is InChI=1S/C15H19FN2O2.ClH/c1-10-11(2-3-12-13(10)9-20-15(12)19)14(16)8-18-6-4-17-5-7-18;/h2-3,14,17H,4-9H2,1H3;1H. The van der Waals surface area contributed by atoms with Crippen LogP contribution in [0.1, 0.15) is 33.2 Å². The fourth-order valence-corrected chi connectivity index (χ4v) is 2.93. The van der Waals surface area contributed by atoms with Gasteiger partial charge in [-0.15, -0.1) is 12.4 Å². The molecular weight excluding hydrogens is 295 g/mol. The molecule has 4 nitrogen and oxygen atoms in total. The maximum atomic E-state index is 14.6. The average molecular weight is 315 g/mol. The quantitative estimate of drug-likeness (QED) is 0.867. The first kappa shape index (κ1) is 16.2. The Balaban J connectivity index is 0.00000161. The minimum Gasteiger partial charge on any atom is -0.457 e. The van der Waals surface area contributed by atoms with Gasteiger partial charge in [0, 0.05) is 38.3 Å². The number of ether oxygens (including phenoxy) is 1. The Morgan fingerprint density at radius 3 is 2.81 bits per heavy atom. The van der Waals surface area contributed by atoms with E-state index in [9.17, 15) is 9.18 Å². The summed E-state index contributed by atoms with van der Waals surface area (Å²) in [6.07, 6.45) is -1.02. The minimum absolute atomic E-state index is 0. The highest BCUT2D eigenvalue weighted by Crippen LogP contribution is 2.30. The molecule has 3 rings (SSSR count). The Hall–Kier alpha value is -1.17. The number of benzene rings is 1. The van der Waals surface area contributed by atoms with Crippen molar-refractivity contribution in [1.82, 2.24) is 10.2 Å². The Kier molecular flexibility index (Phi) is 5.19. The summed E-state index contributed by atoms with van der Waals surface area (Å²) in [5.74, 6) is -0.299. The molecule has 1 fully saturated rings. The van der Waals surface area contributed by atoms with Crippen LogP contribution in [0.15, 0.2) is 12.1 Å². The van der Waals surface area contributed by atoms with E-state index in [-0.39, 0.29) is 25.0 Å². The summed E-state index contributed by atoms with van der Waals surface area (Å²) in [6.45, 7) is 6.15. The third-order valence-electron chi connectivity index (χ3n) is 4.17. The van der Waals surface area contributed by atoms with Crippen molar-refractivity contribution in [1.29, 1.82) is 0 Å². The Morgan fingerprint density at radius 1 is 1.38 bits per heavy atom. The fraction of sp³-hybridized carbons (Fsp3) is 0.533. The van der Waals surface area contributed by atoms with E-state index in [0.717, 1.165) is 37.3 Å². The lowest BCUT2D eigenvalue weighted by Crippen LogP contribution is -2.44. The number of piperazine rings is 1. The SMILES string of the molecule is Cc1c(C(F)CN2CCNCC2)ccc2c1COC2=O.Cl. The van der Waals surface area contributed by atoms with Gasteiger partial charge in [0.25, 0.3) is 0 Å². The number of nitrogens with one attached hydrogen (secondary N) is 1. The average Bonchev–Trinajstić information content (AvgIpc) is 2.83.